The maximum Gasteiger partial charge on any atom is 0.422 e. The number of amides is 2. The van der Waals surface area contributed by atoms with Gasteiger partial charge in [0.25, 0.3) is 0 Å². The summed E-state index contributed by atoms with van der Waals surface area (Å²) in [4.78, 5) is 28.9. The molecule has 0 aromatic carbocycles. The summed E-state index contributed by atoms with van der Waals surface area (Å²) >= 11 is 0. The van der Waals surface area contributed by atoms with Gasteiger partial charge in [-0.15, -0.1) is 0 Å². The monoisotopic (exact) mass is 331 g/mol. The molecule has 0 spiro atoms. The standard InChI is InChI=1S/C14H16F3N3O3/c1-2-20-7-9(5-12(20)21)13(22)19-10-3-4-11(18-6-10)23-8-14(15,16)17/h3-4,6,9H,2,5,7-8H2,1H3,(H,19,22)/t9-/m1/s1. The highest BCUT2D eigenvalue weighted by molar-refractivity contribution is 5.97. The average molecular weight is 331 g/mol. The molecular weight excluding hydrogens is 315 g/mol. The number of hydrogen-bond acceptors (Lipinski definition) is 4. The Bertz CT molecular complexity index is 575. The molecule has 1 aliphatic rings. The van der Waals surface area contributed by atoms with Crippen LogP contribution in [0.2, 0.25) is 0 Å². The minimum absolute atomic E-state index is 0.0679. The van der Waals surface area contributed by atoms with Gasteiger partial charge in [-0.05, 0) is 13.0 Å². The minimum atomic E-state index is -4.44. The summed E-state index contributed by atoms with van der Waals surface area (Å²) in [5.74, 6) is -1.01. The molecule has 2 amide bonds. The molecule has 0 unspecified atom stereocenters. The zero-order valence-electron chi connectivity index (χ0n) is 12.4. The van der Waals surface area contributed by atoms with E-state index in [1.54, 1.807) is 4.90 Å². The van der Waals surface area contributed by atoms with Crippen molar-refractivity contribution >= 4 is 17.5 Å². The largest absolute Gasteiger partial charge is 0.468 e. The number of rotatable bonds is 5. The summed E-state index contributed by atoms with van der Waals surface area (Å²) in [6, 6.07) is 2.63. The van der Waals surface area contributed by atoms with Gasteiger partial charge in [-0.1, -0.05) is 0 Å². The summed E-state index contributed by atoms with van der Waals surface area (Å²) in [6.07, 6.45) is -3.08. The smallest absolute Gasteiger partial charge is 0.422 e. The number of aromatic nitrogens is 1. The van der Waals surface area contributed by atoms with Crippen LogP contribution in [0.4, 0.5) is 18.9 Å². The van der Waals surface area contributed by atoms with Gasteiger partial charge < -0.3 is 15.0 Å². The lowest BCUT2D eigenvalue weighted by molar-refractivity contribution is -0.154. The fraction of sp³-hybridized carbons (Fsp3) is 0.500. The Morgan fingerprint density at radius 3 is 2.74 bits per heavy atom. The van der Waals surface area contributed by atoms with Crippen LogP contribution >= 0.6 is 0 Å². The number of nitrogens with one attached hydrogen (secondary N) is 1. The third-order valence-electron chi connectivity index (χ3n) is 3.35. The van der Waals surface area contributed by atoms with Crippen molar-refractivity contribution in [3.8, 4) is 5.88 Å². The van der Waals surface area contributed by atoms with Gasteiger partial charge >= 0.3 is 6.18 Å². The van der Waals surface area contributed by atoms with Crippen LogP contribution in [0.5, 0.6) is 5.88 Å². The molecule has 0 saturated carbocycles. The van der Waals surface area contributed by atoms with Gasteiger partial charge in [0.05, 0.1) is 17.8 Å². The first kappa shape index (κ1) is 17.0. The summed E-state index contributed by atoms with van der Waals surface area (Å²) in [5.41, 5.74) is 0.330. The zero-order valence-corrected chi connectivity index (χ0v) is 12.4. The van der Waals surface area contributed by atoms with Crippen LogP contribution in [-0.2, 0) is 9.59 Å². The molecule has 126 valence electrons. The van der Waals surface area contributed by atoms with Gasteiger partial charge in [0, 0.05) is 25.6 Å². The lowest BCUT2D eigenvalue weighted by Gasteiger charge is -2.13. The summed E-state index contributed by atoms with van der Waals surface area (Å²) in [5, 5.41) is 2.59. The van der Waals surface area contributed by atoms with E-state index in [2.05, 4.69) is 15.0 Å². The fourth-order valence-corrected chi connectivity index (χ4v) is 2.19. The number of likely N-dealkylation sites (tertiary alicyclic amines) is 1. The van der Waals surface area contributed by atoms with Gasteiger partial charge in [-0.2, -0.15) is 13.2 Å². The van der Waals surface area contributed by atoms with E-state index in [-0.39, 0.29) is 24.1 Å². The van der Waals surface area contributed by atoms with Gasteiger partial charge in [-0.3, -0.25) is 9.59 Å². The predicted octanol–water partition coefficient (Wildman–Crippen LogP) is 1.83. The second-order valence-electron chi connectivity index (χ2n) is 5.11. The normalized spacial score (nSPS) is 18.2. The van der Waals surface area contributed by atoms with Gasteiger partial charge in [0.2, 0.25) is 17.7 Å². The van der Waals surface area contributed by atoms with E-state index in [1.165, 1.54) is 18.3 Å². The topological polar surface area (TPSA) is 71.5 Å². The molecule has 1 fully saturated rings. The van der Waals surface area contributed by atoms with E-state index in [9.17, 15) is 22.8 Å². The molecule has 0 bridgehead atoms. The lowest BCUT2D eigenvalue weighted by atomic mass is 10.1. The molecule has 2 rings (SSSR count). The van der Waals surface area contributed by atoms with Crippen molar-refractivity contribution in [3.63, 3.8) is 0 Å². The number of hydrogen-bond donors (Lipinski definition) is 1. The van der Waals surface area contributed by atoms with E-state index >= 15 is 0 Å². The van der Waals surface area contributed by atoms with Crippen LogP contribution < -0.4 is 10.1 Å². The van der Waals surface area contributed by atoms with Crippen LogP contribution in [0.25, 0.3) is 0 Å². The van der Waals surface area contributed by atoms with Gasteiger partial charge in [0.1, 0.15) is 0 Å². The van der Waals surface area contributed by atoms with E-state index in [0.29, 0.717) is 18.8 Å². The average Bonchev–Trinajstić information content (AvgIpc) is 2.87. The number of carbonyl (C=O) groups excluding carboxylic acids is 2. The van der Waals surface area contributed by atoms with E-state index in [0.717, 1.165) is 0 Å². The van der Waals surface area contributed by atoms with Crippen LogP contribution in [0.15, 0.2) is 18.3 Å². The molecule has 2 heterocycles. The molecular formula is C14H16F3N3O3. The molecule has 23 heavy (non-hydrogen) atoms. The Balaban J connectivity index is 1.88. The first-order chi connectivity index (χ1) is 10.8. The molecule has 1 atom stereocenters. The Kier molecular flexibility index (Phi) is 5.07. The highest BCUT2D eigenvalue weighted by Gasteiger charge is 2.33. The Morgan fingerprint density at radius 1 is 1.48 bits per heavy atom. The van der Waals surface area contributed by atoms with Crippen molar-refractivity contribution in [2.45, 2.75) is 19.5 Å². The van der Waals surface area contributed by atoms with Crippen molar-refractivity contribution in [2.24, 2.45) is 5.92 Å². The molecule has 0 radical (unpaired) electrons. The third kappa shape index (κ3) is 4.83. The molecule has 1 saturated heterocycles. The van der Waals surface area contributed by atoms with Crippen molar-refractivity contribution in [2.75, 3.05) is 25.0 Å². The van der Waals surface area contributed by atoms with Crippen LogP contribution in [0.3, 0.4) is 0 Å². The lowest BCUT2D eigenvalue weighted by Crippen LogP contribution is -2.28. The van der Waals surface area contributed by atoms with Gasteiger partial charge in [0.15, 0.2) is 6.61 Å². The second kappa shape index (κ2) is 6.84. The Labute approximate surface area is 130 Å². The Morgan fingerprint density at radius 2 is 2.22 bits per heavy atom. The predicted molar refractivity (Wildman–Crippen MR) is 74.8 cm³/mol. The Hall–Kier alpha value is -2.32. The van der Waals surface area contributed by atoms with Crippen molar-refractivity contribution in [1.29, 1.82) is 0 Å². The van der Waals surface area contributed by atoms with Crippen molar-refractivity contribution in [3.05, 3.63) is 18.3 Å². The summed E-state index contributed by atoms with van der Waals surface area (Å²) in [7, 11) is 0. The number of carbonyl (C=O) groups is 2. The number of anilines is 1. The minimum Gasteiger partial charge on any atom is -0.468 e. The van der Waals surface area contributed by atoms with Crippen LogP contribution in [0.1, 0.15) is 13.3 Å². The van der Waals surface area contributed by atoms with E-state index in [4.69, 9.17) is 0 Å². The molecule has 9 heteroatoms. The molecule has 1 aliphatic heterocycles. The van der Waals surface area contributed by atoms with E-state index < -0.39 is 18.7 Å². The second-order valence-corrected chi connectivity index (χ2v) is 5.11. The highest BCUT2D eigenvalue weighted by atomic mass is 19.4. The number of pyridine rings is 1. The van der Waals surface area contributed by atoms with Gasteiger partial charge in [-0.25, -0.2) is 4.98 Å². The SMILES string of the molecule is CCN1C[C@H](C(=O)Nc2ccc(OCC(F)(F)F)nc2)CC1=O. The molecule has 0 aliphatic carbocycles. The first-order valence-corrected chi connectivity index (χ1v) is 7.02. The zero-order chi connectivity index (χ0) is 17.0. The summed E-state index contributed by atoms with van der Waals surface area (Å²) < 4.78 is 40.5. The quantitative estimate of drug-likeness (QED) is 0.893. The van der Waals surface area contributed by atoms with E-state index in [1.807, 2.05) is 6.92 Å². The first-order valence-electron chi connectivity index (χ1n) is 7.02. The van der Waals surface area contributed by atoms with Crippen molar-refractivity contribution in [1.82, 2.24) is 9.88 Å². The fourth-order valence-electron chi connectivity index (χ4n) is 2.19. The highest BCUT2D eigenvalue weighted by Crippen LogP contribution is 2.21. The van der Waals surface area contributed by atoms with Crippen LogP contribution in [-0.4, -0.2) is 47.6 Å². The third-order valence-corrected chi connectivity index (χ3v) is 3.35. The number of nitrogens with zero attached hydrogens (tertiary/aromatic N) is 2. The number of halogens is 3. The van der Waals surface area contributed by atoms with Crippen LogP contribution in [0, 0.1) is 5.92 Å². The maximum atomic E-state index is 12.1. The molecule has 1 N–H and O–H groups in total. The maximum absolute atomic E-state index is 12.1. The molecule has 1 aromatic heterocycles. The number of ether oxygens (including phenoxy) is 1. The summed E-state index contributed by atoms with van der Waals surface area (Å²) in [6.45, 7) is 1.32. The molecule has 1 aromatic rings. The molecule has 6 nitrogen and oxygen atoms in total. The number of alkyl halides is 3. The van der Waals surface area contributed by atoms with Crippen molar-refractivity contribution < 1.29 is 27.5 Å².